The van der Waals surface area contributed by atoms with E-state index in [0.29, 0.717) is 12.0 Å². The molecule has 0 radical (unpaired) electrons. The van der Waals surface area contributed by atoms with E-state index in [9.17, 15) is 14.4 Å². The maximum absolute atomic E-state index is 11.0. The molecule has 0 fully saturated rings. The van der Waals surface area contributed by atoms with Gasteiger partial charge in [-0.3, -0.25) is 0 Å². The summed E-state index contributed by atoms with van der Waals surface area (Å²) in [6, 6.07) is 0. The van der Waals surface area contributed by atoms with Crippen molar-refractivity contribution < 1.29 is 29.3 Å². The van der Waals surface area contributed by atoms with Gasteiger partial charge in [0.15, 0.2) is 0 Å². The molecule has 0 saturated heterocycles. The number of carboxylic acid groups (broad SMARTS) is 2. The van der Waals surface area contributed by atoms with Gasteiger partial charge in [0, 0.05) is 17.2 Å². The third kappa shape index (κ3) is 12.4. The maximum Gasteiger partial charge on any atom is 0.333 e. The summed E-state index contributed by atoms with van der Waals surface area (Å²) in [6.07, 6.45) is 4.85. The molecule has 0 heterocycles. The fraction of sp³-hybridized carbons (Fsp3) is 0.400. The van der Waals surface area contributed by atoms with Crippen LogP contribution in [0.4, 0.5) is 0 Å². The van der Waals surface area contributed by atoms with Gasteiger partial charge in [0.05, 0.1) is 7.11 Å². The van der Waals surface area contributed by atoms with E-state index in [1.54, 1.807) is 0 Å². The zero-order valence-corrected chi connectivity index (χ0v) is 12.4. The molecule has 0 aromatic rings. The van der Waals surface area contributed by atoms with E-state index < -0.39 is 17.9 Å². The quantitative estimate of drug-likeness (QED) is 0.527. The van der Waals surface area contributed by atoms with Gasteiger partial charge in [-0.2, -0.15) is 0 Å². The first-order valence-corrected chi connectivity index (χ1v) is 6.33. The maximum atomic E-state index is 11.0. The topological polar surface area (TPSA) is 101 Å². The minimum atomic E-state index is -0.981. The van der Waals surface area contributed by atoms with Crippen LogP contribution >= 0.6 is 0 Å². The molecule has 118 valence electrons. The number of aliphatic carboxylic acids is 2. The Kier molecular flexibility index (Phi) is 12.6. The highest BCUT2D eigenvalue weighted by Gasteiger charge is 2.09. The minimum Gasteiger partial charge on any atom is -0.478 e. The Balaban J connectivity index is 0. The highest BCUT2D eigenvalue weighted by atomic mass is 16.5. The van der Waals surface area contributed by atoms with Gasteiger partial charge in [0.2, 0.25) is 0 Å². The van der Waals surface area contributed by atoms with E-state index in [0.717, 1.165) is 18.9 Å². The van der Waals surface area contributed by atoms with Gasteiger partial charge in [-0.05, 0) is 19.3 Å². The van der Waals surface area contributed by atoms with Crippen LogP contribution in [0.2, 0.25) is 0 Å². The van der Waals surface area contributed by atoms with Crippen LogP contribution in [0.1, 0.15) is 32.6 Å². The number of esters is 1. The summed E-state index contributed by atoms with van der Waals surface area (Å²) < 4.78 is 4.47. The summed E-state index contributed by atoms with van der Waals surface area (Å²) in [5.74, 6) is -2.42. The van der Waals surface area contributed by atoms with E-state index in [2.05, 4.69) is 17.9 Å². The molecule has 0 bridgehead atoms. The predicted octanol–water partition coefficient (Wildman–Crippen LogP) is 2.56. The molecule has 0 atom stereocenters. The molecule has 0 spiro atoms. The average Bonchev–Trinajstić information content (AvgIpc) is 2.46. The Morgan fingerprint density at radius 1 is 1.24 bits per heavy atom. The zero-order chi connectivity index (χ0) is 16.8. The molecule has 0 amide bonds. The van der Waals surface area contributed by atoms with Crippen LogP contribution in [0.25, 0.3) is 0 Å². The number of carboxylic acids is 2. The Hall–Kier alpha value is -2.37. The van der Waals surface area contributed by atoms with Crippen molar-refractivity contribution in [3.05, 3.63) is 36.5 Å². The fourth-order valence-corrected chi connectivity index (χ4v) is 1.14. The van der Waals surface area contributed by atoms with Crippen molar-refractivity contribution in [2.24, 2.45) is 0 Å². The predicted molar refractivity (Wildman–Crippen MR) is 78.8 cm³/mol. The van der Waals surface area contributed by atoms with Crippen molar-refractivity contribution in [3.63, 3.8) is 0 Å². The molecule has 0 saturated carbocycles. The van der Waals surface area contributed by atoms with Gasteiger partial charge >= 0.3 is 17.9 Å². The Bertz CT molecular complexity index is 420. The molecule has 6 nitrogen and oxygen atoms in total. The summed E-state index contributed by atoms with van der Waals surface area (Å²) in [5.41, 5.74) is 0.588. The number of allylic oxidation sites excluding steroid dienone is 1. The molecule has 0 unspecified atom stereocenters. The van der Waals surface area contributed by atoms with Crippen LogP contribution < -0.4 is 0 Å². The van der Waals surface area contributed by atoms with Gasteiger partial charge in [0.25, 0.3) is 0 Å². The second kappa shape index (κ2) is 12.7. The number of methoxy groups -OCH3 is 1. The molecular weight excluding hydrogens is 276 g/mol. The van der Waals surface area contributed by atoms with Gasteiger partial charge in [-0.25, -0.2) is 14.4 Å². The number of carbonyl (C=O) groups is 3. The highest BCUT2D eigenvalue weighted by molar-refractivity contribution is 5.89. The lowest BCUT2D eigenvalue weighted by molar-refractivity contribution is -0.136. The number of hydrogen-bond donors (Lipinski definition) is 2. The lowest BCUT2D eigenvalue weighted by atomic mass is 10.1. The van der Waals surface area contributed by atoms with E-state index >= 15 is 0 Å². The van der Waals surface area contributed by atoms with Gasteiger partial charge in [0.1, 0.15) is 0 Å². The third-order valence-electron chi connectivity index (χ3n) is 2.32. The van der Waals surface area contributed by atoms with Crippen molar-refractivity contribution in [1.29, 1.82) is 0 Å². The Labute approximate surface area is 124 Å². The zero-order valence-electron chi connectivity index (χ0n) is 12.4. The summed E-state index contributed by atoms with van der Waals surface area (Å²) in [4.78, 5) is 31.1. The molecule has 0 aliphatic carbocycles. The number of unbranched alkanes of at least 4 members (excludes halogenated alkanes) is 1. The van der Waals surface area contributed by atoms with Crippen LogP contribution in [-0.4, -0.2) is 35.2 Å². The smallest absolute Gasteiger partial charge is 0.333 e. The largest absolute Gasteiger partial charge is 0.478 e. The Morgan fingerprint density at radius 3 is 2.10 bits per heavy atom. The molecule has 2 N–H and O–H groups in total. The van der Waals surface area contributed by atoms with E-state index in [4.69, 9.17) is 10.2 Å². The lowest BCUT2D eigenvalue weighted by Gasteiger charge is -2.03. The van der Waals surface area contributed by atoms with E-state index in [-0.39, 0.29) is 12.0 Å². The van der Waals surface area contributed by atoms with Gasteiger partial charge in [-0.1, -0.05) is 32.6 Å². The summed E-state index contributed by atoms with van der Waals surface area (Å²) >= 11 is 0. The molecule has 0 rings (SSSR count). The molecule has 0 aromatic heterocycles. The van der Waals surface area contributed by atoms with Crippen LogP contribution in [0.3, 0.4) is 0 Å². The molecule has 0 aromatic carbocycles. The Morgan fingerprint density at radius 2 is 1.76 bits per heavy atom. The normalized spacial score (nSPS) is 9.90. The number of hydrogen-bond acceptors (Lipinski definition) is 4. The second-order valence-corrected chi connectivity index (χ2v) is 3.98. The average molecular weight is 298 g/mol. The van der Waals surface area contributed by atoms with E-state index in [1.807, 2.05) is 6.92 Å². The SMILES string of the molecule is C=C(CC=C(CCCC)C(=O)O)C(=O)OC.C=CC(=O)O. The van der Waals surface area contributed by atoms with Crippen LogP contribution in [-0.2, 0) is 19.1 Å². The first kappa shape index (κ1) is 20.9. The monoisotopic (exact) mass is 298 g/mol. The molecule has 21 heavy (non-hydrogen) atoms. The number of rotatable bonds is 8. The third-order valence-corrected chi connectivity index (χ3v) is 2.32. The molecule has 0 aliphatic rings. The standard InChI is InChI=1S/C12H18O4.C3H4O2/c1-4-5-6-10(11(13)14)8-7-9(2)12(15)16-3;1-2-3(4)5/h8H,2,4-7H2,1,3H3,(H,13,14);2H,1H2,(H,4,5). The van der Waals surface area contributed by atoms with Crippen molar-refractivity contribution in [1.82, 2.24) is 0 Å². The minimum absolute atomic E-state index is 0.220. The number of carbonyl (C=O) groups excluding carboxylic acids is 1. The van der Waals surface area contributed by atoms with Crippen LogP contribution in [0.15, 0.2) is 36.5 Å². The molecule has 0 aliphatic heterocycles. The molecule has 6 heteroatoms. The van der Waals surface area contributed by atoms with Crippen molar-refractivity contribution in [2.45, 2.75) is 32.6 Å². The summed E-state index contributed by atoms with van der Waals surface area (Å²) in [7, 11) is 1.27. The van der Waals surface area contributed by atoms with E-state index in [1.165, 1.54) is 13.2 Å². The van der Waals surface area contributed by atoms with Crippen molar-refractivity contribution in [3.8, 4) is 0 Å². The summed E-state index contributed by atoms with van der Waals surface area (Å²) in [6.45, 7) is 8.48. The second-order valence-electron chi connectivity index (χ2n) is 3.98. The van der Waals surface area contributed by atoms with Crippen molar-refractivity contribution in [2.75, 3.05) is 7.11 Å². The van der Waals surface area contributed by atoms with Crippen molar-refractivity contribution >= 4 is 17.9 Å². The highest BCUT2D eigenvalue weighted by Crippen LogP contribution is 2.11. The van der Waals surface area contributed by atoms with Gasteiger partial charge < -0.3 is 14.9 Å². The fourth-order valence-electron chi connectivity index (χ4n) is 1.14. The number of ether oxygens (including phenoxy) is 1. The first-order valence-electron chi connectivity index (χ1n) is 6.33. The van der Waals surface area contributed by atoms with Gasteiger partial charge in [-0.15, -0.1) is 0 Å². The first-order chi connectivity index (χ1) is 9.79. The summed E-state index contributed by atoms with van der Waals surface area (Å²) in [5, 5.41) is 16.5. The lowest BCUT2D eigenvalue weighted by Crippen LogP contribution is -2.05. The van der Waals surface area contributed by atoms with Crippen LogP contribution in [0.5, 0.6) is 0 Å². The van der Waals surface area contributed by atoms with Crippen LogP contribution in [0, 0.1) is 0 Å². The molecular formula is C15H22O6.